The summed E-state index contributed by atoms with van der Waals surface area (Å²) in [5.74, 6) is -0.671. The number of ether oxygens (including phenoxy) is 2. The minimum Gasteiger partial charge on any atom is -0.595 e. The Hall–Kier alpha value is 0.0934. The van der Waals surface area contributed by atoms with E-state index in [0.717, 1.165) is 0 Å². The minimum atomic E-state index is -1.07. The van der Waals surface area contributed by atoms with Gasteiger partial charge in [-0.25, -0.2) is 4.79 Å². The molecule has 7 heteroatoms. The number of carbonyl (C=O) groups excluding carboxylic acids is 1. The van der Waals surface area contributed by atoms with E-state index in [-0.39, 0.29) is 43.5 Å². The molecular weight excluding hydrogens is 378 g/mol. The van der Waals surface area contributed by atoms with Crippen LogP contribution in [0, 0.1) is 6.92 Å². The molecule has 0 fully saturated rings. The van der Waals surface area contributed by atoms with Crippen LogP contribution < -0.4 is 5.11 Å². The standard InChI is InChI=1S/C9H16NO4.HI.Zn/c1-6(7(11)13-5)10-8(12)14-9(2,3)4;;/h6H,1H2,2-5H3,(H,10,12);1H;/p-1/t6-;;/m1../s1. The summed E-state index contributed by atoms with van der Waals surface area (Å²) >= 11 is 0. The smallest absolute Gasteiger partial charge is 0.330 e. The summed E-state index contributed by atoms with van der Waals surface area (Å²) in [6.45, 7) is 8.45. The van der Waals surface area contributed by atoms with Gasteiger partial charge in [0.15, 0.2) is 0 Å². The van der Waals surface area contributed by atoms with Gasteiger partial charge in [-0.1, -0.05) is 20.8 Å². The Morgan fingerprint density at radius 2 is 1.88 bits per heavy atom. The SMILES string of the molecule is I.[CH2][C@@H](N=C([O-])OC(C)(C)C)C(=O)OC.[Zn]. The van der Waals surface area contributed by atoms with Gasteiger partial charge in [0, 0.05) is 25.1 Å². The monoisotopic (exact) mass is 393 g/mol. The number of hydrogen-bond acceptors (Lipinski definition) is 5. The third kappa shape index (κ3) is 10.6. The third-order valence-electron chi connectivity index (χ3n) is 1.13. The van der Waals surface area contributed by atoms with Crippen molar-refractivity contribution in [2.75, 3.05) is 7.11 Å². The molecule has 0 bridgehead atoms. The van der Waals surface area contributed by atoms with Crippen LogP contribution in [0.1, 0.15) is 20.8 Å². The first-order valence-electron chi connectivity index (χ1n) is 4.11. The normalized spacial score (nSPS) is 12.9. The van der Waals surface area contributed by atoms with E-state index in [0.29, 0.717) is 0 Å². The summed E-state index contributed by atoms with van der Waals surface area (Å²) in [5.41, 5.74) is -0.629. The first-order valence-corrected chi connectivity index (χ1v) is 4.11. The molecule has 0 aliphatic heterocycles. The molecule has 0 N–H and O–H groups in total. The first kappa shape index (κ1) is 21.4. The van der Waals surface area contributed by atoms with Gasteiger partial charge in [-0.3, -0.25) is 4.99 Å². The van der Waals surface area contributed by atoms with Gasteiger partial charge >= 0.3 is 5.97 Å². The number of esters is 1. The molecule has 91 valence electrons. The van der Waals surface area contributed by atoms with Gasteiger partial charge < -0.3 is 14.6 Å². The molecular formula is C9H16INO4Zn-. The van der Waals surface area contributed by atoms with Gasteiger partial charge in [-0.15, -0.1) is 24.0 Å². The zero-order valence-electron chi connectivity index (χ0n) is 9.98. The topological polar surface area (TPSA) is 71.0 Å². The summed E-state index contributed by atoms with van der Waals surface area (Å²) in [6.07, 6.45) is -0.817. The van der Waals surface area contributed by atoms with Gasteiger partial charge in [0.25, 0.3) is 0 Å². The fraction of sp³-hybridized carbons (Fsp3) is 0.667. The van der Waals surface area contributed by atoms with E-state index in [9.17, 15) is 9.90 Å². The number of halogens is 1. The van der Waals surface area contributed by atoms with Crippen LogP contribution in [-0.2, 0) is 33.7 Å². The summed E-state index contributed by atoms with van der Waals surface area (Å²) in [5, 5.41) is 11.1. The number of hydrogen-bond donors (Lipinski definition) is 0. The van der Waals surface area contributed by atoms with Crippen molar-refractivity contribution in [3.63, 3.8) is 0 Å². The van der Waals surface area contributed by atoms with Crippen LogP contribution in [0.15, 0.2) is 4.99 Å². The van der Waals surface area contributed by atoms with E-state index < -0.39 is 23.7 Å². The van der Waals surface area contributed by atoms with Crippen LogP contribution in [0.4, 0.5) is 0 Å². The van der Waals surface area contributed by atoms with E-state index in [4.69, 9.17) is 4.74 Å². The molecule has 0 rings (SSSR count). The Balaban J connectivity index is -0.000000845. The van der Waals surface area contributed by atoms with Gasteiger partial charge in [0.1, 0.15) is 12.1 Å². The van der Waals surface area contributed by atoms with Gasteiger partial charge in [-0.05, 0) is 6.92 Å². The Kier molecular flexibility index (Phi) is 12.2. The van der Waals surface area contributed by atoms with E-state index in [1.807, 2.05) is 0 Å². The molecule has 0 aromatic rings. The molecule has 0 heterocycles. The summed E-state index contributed by atoms with van der Waals surface area (Å²) < 4.78 is 9.19. The Morgan fingerprint density at radius 3 is 2.19 bits per heavy atom. The number of carbonyl (C=O) groups is 1. The second-order valence-corrected chi connectivity index (χ2v) is 3.65. The largest absolute Gasteiger partial charge is 0.595 e. The average molecular weight is 395 g/mol. The van der Waals surface area contributed by atoms with Crippen molar-refractivity contribution in [1.82, 2.24) is 0 Å². The van der Waals surface area contributed by atoms with Crippen molar-refractivity contribution in [3.05, 3.63) is 6.92 Å². The third-order valence-corrected chi connectivity index (χ3v) is 1.13. The number of rotatable bonds is 2. The van der Waals surface area contributed by atoms with E-state index in [1.54, 1.807) is 20.8 Å². The summed E-state index contributed by atoms with van der Waals surface area (Å²) in [6, 6.07) is -1.07. The van der Waals surface area contributed by atoms with E-state index in [1.165, 1.54) is 7.11 Å². The van der Waals surface area contributed by atoms with E-state index in [2.05, 4.69) is 16.7 Å². The molecule has 0 spiro atoms. The second kappa shape index (κ2) is 9.16. The van der Waals surface area contributed by atoms with Gasteiger partial charge in [0.05, 0.1) is 7.11 Å². The van der Waals surface area contributed by atoms with Gasteiger partial charge in [0.2, 0.25) is 0 Å². The van der Waals surface area contributed by atoms with Crippen LogP contribution in [-0.4, -0.2) is 30.8 Å². The molecule has 0 aromatic heterocycles. The van der Waals surface area contributed by atoms with Crippen molar-refractivity contribution < 1.29 is 38.9 Å². The number of nitrogens with zero attached hydrogens (tertiary/aromatic N) is 1. The van der Waals surface area contributed by atoms with Crippen molar-refractivity contribution in [3.8, 4) is 0 Å². The van der Waals surface area contributed by atoms with E-state index >= 15 is 0 Å². The Bertz CT molecular complexity index is 240. The van der Waals surface area contributed by atoms with Crippen LogP contribution >= 0.6 is 24.0 Å². The molecule has 1 atom stereocenters. The van der Waals surface area contributed by atoms with Crippen molar-refractivity contribution in [2.24, 2.45) is 4.99 Å². The molecule has 1 radical (unpaired) electrons. The molecule has 0 saturated carbocycles. The zero-order chi connectivity index (χ0) is 11.4. The average Bonchev–Trinajstić information content (AvgIpc) is 1.99. The van der Waals surface area contributed by atoms with Crippen molar-refractivity contribution >= 4 is 36.0 Å². The minimum absolute atomic E-state index is 0. The Labute approximate surface area is 126 Å². The maximum absolute atomic E-state index is 11.1. The second-order valence-electron chi connectivity index (χ2n) is 3.65. The van der Waals surface area contributed by atoms with Gasteiger partial charge in [-0.2, -0.15) is 0 Å². The number of methoxy groups -OCH3 is 1. The molecule has 16 heavy (non-hydrogen) atoms. The van der Waals surface area contributed by atoms with Crippen LogP contribution in [0.5, 0.6) is 0 Å². The molecule has 0 aromatic carbocycles. The predicted molar refractivity (Wildman–Crippen MR) is 64.8 cm³/mol. The molecule has 0 aliphatic carbocycles. The van der Waals surface area contributed by atoms with Crippen LogP contribution in [0.2, 0.25) is 0 Å². The maximum Gasteiger partial charge on any atom is 0.330 e. The van der Waals surface area contributed by atoms with Crippen molar-refractivity contribution in [1.29, 1.82) is 0 Å². The fourth-order valence-electron chi connectivity index (χ4n) is 0.604. The van der Waals surface area contributed by atoms with Crippen LogP contribution in [0.25, 0.3) is 0 Å². The summed E-state index contributed by atoms with van der Waals surface area (Å²) in [4.78, 5) is 14.2. The fourth-order valence-corrected chi connectivity index (χ4v) is 0.604. The van der Waals surface area contributed by atoms with Crippen LogP contribution in [0.3, 0.4) is 0 Å². The quantitative estimate of drug-likeness (QED) is 0.225. The number of aliphatic imine (C=N–C) groups is 1. The molecule has 5 nitrogen and oxygen atoms in total. The molecule has 0 aliphatic rings. The molecule has 0 unspecified atom stereocenters. The van der Waals surface area contributed by atoms with Crippen molar-refractivity contribution in [2.45, 2.75) is 32.4 Å². The zero-order valence-corrected chi connectivity index (χ0v) is 15.3. The maximum atomic E-state index is 11.1. The molecule has 0 saturated heterocycles. The molecule has 0 amide bonds. The summed E-state index contributed by atoms with van der Waals surface area (Å²) in [7, 11) is 1.20. The Morgan fingerprint density at radius 1 is 1.44 bits per heavy atom. The predicted octanol–water partition coefficient (Wildman–Crippen LogP) is 0.509. The first-order chi connectivity index (χ1) is 6.26.